The largest absolute Gasteiger partial charge is 0.422 e. The van der Waals surface area contributed by atoms with Gasteiger partial charge in [0.2, 0.25) is 0 Å². The summed E-state index contributed by atoms with van der Waals surface area (Å²) >= 11 is 12.9. The van der Waals surface area contributed by atoms with Crippen LogP contribution in [0.5, 0.6) is 0 Å². The van der Waals surface area contributed by atoms with Crippen LogP contribution in [0.3, 0.4) is 0 Å². The van der Waals surface area contributed by atoms with Crippen molar-refractivity contribution in [3.8, 4) is 0 Å². The van der Waals surface area contributed by atoms with Gasteiger partial charge in [0.25, 0.3) is 11.8 Å². The molecule has 5 aromatic carbocycles. The van der Waals surface area contributed by atoms with Crippen LogP contribution in [-0.4, -0.2) is 11.8 Å². The van der Waals surface area contributed by atoms with Crippen LogP contribution in [0.15, 0.2) is 115 Å². The summed E-state index contributed by atoms with van der Waals surface area (Å²) in [5, 5.41) is 9.88. The van der Waals surface area contributed by atoms with E-state index in [2.05, 4.69) is 10.6 Å². The van der Waals surface area contributed by atoms with E-state index in [4.69, 9.17) is 32.0 Å². The average Bonchev–Trinajstić information content (AvgIpc) is 3.02. The third-order valence-electron chi connectivity index (χ3n) is 7.33. The number of halogens is 2. The molecule has 214 valence electrons. The molecule has 0 saturated heterocycles. The predicted molar refractivity (Wildman–Crippen MR) is 172 cm³/mol. The van der Waals surface area contributed by atoms with Crippen LogP contribution in [-0.2, 0) is 0 Å². The highest BCUT2D eigenvalue weighted by Crippen LogP contribution is 2.34. The molecule has 0 aliphatic heterocycles. The number of carbonyl (C=O) groups excluding carboxylic acids is 2. The Hall–Kier alpha value is -5.44. The van der Waals surface area contributed by atoms with E-state index in [1.807, 2.05) is 60.7 Å². The lowest BCUT2D eigenvalue weighted by Gasteiger charge is -2.12. The van der Waals surface area contributed by atoms with E-state index < -0.39 is 23.1 Å². The molecule has 0 saturated carbocycles. The molecule has 0 fully saturated rings. The highest BCUT2D eigenvalue weighted by Gasteiger charge is 2.20. The smallest absolute Gasteiger partial charge is 0.349 e. The fourth-order valence-electron chi connectivity index (χ4n) is 5.18. The van der Waals surface area contributed by atoms with Crippen molar-refractivity contribution >= 4 is 89.9 Å². The van der Waals surface area contributed by atoms with Crippen molar-refractivity contribution in [1.29, 1.82) is 0 Å². The number of hydrogen-bond donors (Lipinski definition) is 2. The Labute approximate surface area is 257 Å². The Bertz CT molecular complexity index is 2290. The zero-order chi connectivity index (χ0) is 30.5. The maximum atomic E-state index is 13.2. The van der Waals surface area contributed by atoms with Crippen molar-refractivity contribution in [2.45, 2.75) is 0 Å². The van der Waals surface area contributed by atoms with Crippen molar-refractivity contribution in [3.63, 3.8) is 0 Å². The van der Waals surface area contributed by atoms with E-state index in [1.165, 1.54) is 24.3 Å². The van der Waals surface area contributed by atoms with Crippen molar-refractivity contribution in [2.24, 2.45) is 0 Å². The SMILES string of the molecule is O=C(Nc1cc(Cl)c(NC(=O)c2cc3c(ccc4ccccc43)oc2=O)cc1Cl)c1cc2c(ccc3ccccc32)oc1=O. The Balaban J connectivity index is 1.18. The van der Waals surface area contributed by atoms with Crippen molar-refractivity contribution in [3.05, 3.63) is 139 Å². The highest BCUT2D eigenvalue weighted by atomic mass is 35.5. The summed E-state index contributed by atoms with van der Waals surface area (Å²) in [5.41, 5.74) is -1.22. The van der Waals surface area contributed by atoms with Crippen LogP contribution < -0.4 is 21.9 Å². The molecule has 0 aliphatic carbocycles. The first-order valence-electron chi connectivity index (χ1n) is 13.3. The number of fused-ring (bicyclic) bond motifs is 6. The van der Waals surface area contributed by atoms with Crippen LogP contribution >= 0.6 is 23.2 Å². The summed E-state index contributed by atoms with van der Waals surface area (Å²) in [6.07, 6.45) is 0. The Morgan fingerprint density at radius 3 is 1.36 bits per heavy atom. The molecule has 2 heterocycles. The Morgan fingerprint density at radius 2 is 0.932 bits per heavy atom. The average molecular weight is 621 g/mol. The molecule has 44 heavy (non-hydrogen) atoms. The molecule has 0 spiro atoms. The van der Waals surface area contributed by atoms with Gasteiger partial charge in [0.15, 0.2) is 0 Å². The summed E-state index contributed by atoms with van der Waals surface area (Å²) in [7, 11) is 0. The molecule has 2 aromatic heterocycles. The number of amides is 2. The number of anilines is 2. The van der Waals surface area contributed by atoms with Crippen LogP contribution in [0.1, 0.15) is 20.7 Å². The maximum Gasteiger partial charge on any atom is 0.349 e. The van der Waals surface area contributed by atoms with Gasteiger partial charge in [0, 0.05) is 10.8 Å². The summed E-state index contributed by atoms with van der Waals surface area (Å²) in [6.45, 7) is 0. The molecule has 10 heteroatoms. The van der Waals surface area contributed by atoms with E-state index in [9.17, 15) is 19.2 Å². The van der Waals surface area contributed by atoms with Crippen LogP contribution in [0.4, 0.5) is 11.4 Å². The summed E-state index contributed by atoms with van der Waals surface area (Å²) in [4.78, 5) is 51.7. The van der Waals surface area contributed by atoms with Crippen molar-refractivity contribution < 1.29 is 18.4 Å². The van der Waals surface area contributed by atoms with E-state index in [0.29, 0.717) is 21.9 Å². The van der Waals surface area contributed by atoms with Gasteiger partial charge in [-0.2, -0.15) is 0 Å². The zero-order valence-electron chi connectivity index (χ0n) is 22.4. The second kappa shape index (κ2) is 10.7. The van der Waals surface area contributed by atoms with E-state index >= 15 is 0 Å². The summed E-state index contributed by atoms with van der Waals surface area (Å²) in [5.74, 6) is -1.52. The Morgan fingerprint density at radius 1 is 0.523 bits per heavy atom. The molecular weight excluding hydrogens is 603 g/mol. The molecule has 7 aromatic rings. The van der Waals surface area contributed by atoms with Crippen LogP contribution in [0.2, 0.25) is 10.0 Å². The molecule has 0 bridgehead atoms. The van der Waals surface area contributed by atoms with Gasteiger partial charge in [-0.1, -0.05) is 83.9 Å². The minimum atomic E-state index is -0.821. The first-order chi connectivity index (χ1) is 21.3. The van der Waals surface area contributed by atoms with Crippen molar-refractivity contribution in [2.75, 3.05) is 10.6 Å². The second-order valence-corrected chi connectivity index (χ2v) is 10.8. The predicted octanol–water partition coefficient (Wildman–Crippen LogP) is 8.02. The minimum absolute atomic E-state index is 0.0187. The molecule has 0 unspecified atom stereocenters. The van der Waals surface area contributed by atoms with Gasteiger partial charge in [-0.05, 0) is 57.9 Å². The topological polar surface area (TPSA) is 119 Å². The van der Waals surface area contributed by atoms with Gasteiger partial charge in [0.1, 0.15) is 22.3 Å². The van der Waals surface area contributed by atoms with Gasteiger partial charge in [-0.15, -0.1) is 0 Å². The number of nitrogens with one attached hydrogen (secondary N) is 2. The maximum absolute atomic E-state index is 13.2. The first kappa shape index (κ1) is 27.4. The zero-order valence-corrected chi connectivity index (χ0v) is 24.0. The number of benzene rings is 5. The lowest BCUT2D eigenvalue weighted by molar-refractivity contribution is 0.101. The fourth-order valence-corrected chi connectivity index (χ4v) is 5.60. The summed E-state index contributed by atoms with van der Waals surface area (Å²) < 4.78 is 10.8. The van der Waals surface area contributed by atoms with Gasteiger partial charge < -0.3 is 19.5 Å². The third-order valence-corrected chi connectivity index (χ3v) is 7.95. The normalized spacial score (nSPS) is 11.3. The van der Waals surface area contributed by atoms with E-state index in [1.54, 1.807) is 12.1 Å². The van der Waals surface area contributed by atoms with E-state index in [-0.39, 0.29) is 32.5 Å². The van der Waals surface area contributed by atoms with Crippen LogP contribution in [0.25, 0.3) is 43.5 Å². The van der Waals surface area contributed by atoms with Crippen LogP contribution in [0, 0.1) is 0 Å². The Kier molecular flexibility index (Phi) is 6.65. The molecule has 2 amide bonds. The van der Waals surface area contributed by atoms with Gasteiger partial charge in [0.05, 0.1) is 21.4 Å². The van der Waals surface area contributed by atoms with Gasteiger partial charge in [-0.25, -0.2) is 9.59 Å². The highest BCUT2D eigenvalue weighted by molar-refractivity contribution is 6.38. The van der Waals surface area contributed by atoms with Crippen molar-refractivity contribution in [1.82, 2.24) is 0 Å². The first-order valence-corrected chi connectivity index (χ1v) is 14.1. The molecule has 2 N–H and O–H groups in total. The molecular formula is C34H18Cl2N2O6. The molecule has 0 aliphatic rings. The number of hydrogen-bond acceptors (Lipinski definition) is 6. The monoisotopic (exact) mass is 620 g/mol. The summed E-state index contributed by atoms with van der Waals surface area (Å²) in [6, 6.07) is 27.6. The number of rotatable bonds is 4. The van der Waals surface area contributed by atoms with Gasteiger partial charge in [-0.3, -0.25) is 9.59 Å². The lowest BCUT2D eigenvalue weighted by atomic mass is 10.0. The minimum Gasteiger partial charge on any atom is -0.422 e. The molecule has 0 radical (unpaired) electrons. The fraction of sp³-hybridized carbons (Fsp3) is 0. The standard InChI is InChI=1S/C34H18Cl2N2O6/c35-25-16-28(38-32(40)24-14-22-20-8-4-2-6-18(20)10-12-30(22)44-34(24)42)26(36)15-27(25)37-31(39)23-13-21-19-7-3-1-5-17(19)9-11-29(21)43-33(23)41/h1-16H,(H,37,39)(H,38,40). The molecule has 0 atom stereocenters. The molecule has 8 nitrogen and oxygen atoms in total. The van der Waals surface area contributed by atoms with Gasteiger partial charge >= 0.3 is 11.3 Å². The number of carbonyl (C=O) groups is 2. The second-order valence-electron chi connectivity index (χ2n) is 10.0. The quantitative estimate of drug-likeness (QED) is 0.152. The van der Waals surface area contributed by atoms with E-state index in [0.717, 1.165) is 21.5 Å². The third kappa shape index (κ3) is 4.76. The lowest BCUT2D eigenvalue weighted by Crippen LogP contribution is -2.22. The molecule has 7 rings (SSSR count).